The van der Waals surface area contributed by atoms with E-state index >= 15 is 0 Å². The smallest absolute Gasteiger partial charge is 0.183 e. The average Bonchev–Trinajstić information content (AvgIpc) is 2.05. The van der Waals surface area contributed by atoms with Crippen LogP contribution >= 0.6 is 12.2 Å². The largest absolute Gasteiger partial charge is 0.346 e. The quantitative estimate of drug-likeness (QED) is 0.280. The first-order valence-electron chi connectivity index (χ1n) is 3.68. The molecule has 11 heavy (non-hydrogen) atoms. The summed E-state index contributed by atoms with van der Waals surface area (Å²) in [6.45, 7) is 4.06. The molecule has 1 aliphatic rings. The molecular formula is C6H14N4S. The third-order valence-electron chi connectivity index (χ3n) is 1.91. The topological polar surface area (TPSA) is 44.5 Å². The van der Waals surface area contributed by atoms with Crippen LogP contribution in [0.1, 0.15) is 0 Å². The molecule has 3 N–H and O–H groups in total. The second-order valence-electron chi connectivity index (χ2n) is 2.74. The summed E-state index contributed by atoms with van der Waals surface area (Å²) in [7, 11) is 2.11. The minimum Gasteiger partial charge on any atom is -0.346 e. The predicted octanol–water partition coefficient (Wildman–Crippen LogP) is -1.02. The van der Waals surface area contributed by atoms with Crippen molar-refractivity contribution in [2.24, 2.45) is 5.84 Å². The molecule has 0 aromatic heterocycles. The van der Waals surface area contributed by atoms with Crippen LogP contribution in [0, 0.1) is 0 Å². The van der Waals surface area contributed by atoms with Crippen molar-refractivity contribution in [2.75, 3.05) is 33.2 Å². The maximum atomic E-state index is 5.19. The van der Waals surface area contributed by atoms with Gasteiger partial charge in [-0.2, -0.15) is 0 Å². The van der Waals surface area contributed by atoms with Crippen LogP contribution < -0.4 is 11.3 Å². The SMILES string of the molecule is CN1CCN(C(=S)NN)CC1. The van der Waals surface area contributed by atoms with Crippen molar-refractivity contribution < 1.29 is 0 Å². The first kappa shape index (κ1) is 8.70. The molecule has 1 rings (SSSR count). The van der Waals surface area contributed by atoms with Gasteiger partial charge in [0.25, 0.3) is 0 Å². The third kappa shape index (κ3) is 2.28. The molecule has 0 atom stereocenters. The summed E-state index contributed by atoms with van der Waals surface area (Å²) in [5.41, 5.74) is 2.49. The molecule has 0 bridgehead atoms. The normalized spacial score (nSPS) is 20.0. The molecular weight excluding hydrogens is 160 g/mol. The molecule has 1 fully saturated rings. The second-order valence-corrected chi connectivity index (χ2v) is 3.13. The highest BCUT2D eigenvalue weighted by Crippen LogP contribution is 1.98. The Morgan fingerprint density at radius 1 is 1.36 bits per heavy atom. The number of nitrogens with two attached hydrogens (primary N) is 1. The minimum absolute atomic E-state index is 0.651. The Hall–Kier alpha value is -0.390. The maximum absolute atomic E-state index is 5.19. The first-order valence-corrected chi connectivity index (χ1v) is 4.09. The highest BCUT2D eigenvalue weighted by atomic mass is 32.1. The van der Waals surface area contributed by atoms with Gasteiger partial charge < -0.3 is 15.2 Å². The Bertz CT molecular complexity index is 142. The van der Waals surface area contributed by atoms with Crippen molar-refractivity contribution in [3.05, 3.63) is 0 Å². The number of likely N-dealkylation sites (N-methyl/N-ethyl adjacent to an activating group) is 1. The van der Waals surface area contributed by atoms with Crippen molar-refractivity contribution in [1.29, 1.82) is 0 Å². The lowest BCUT2D eigenvalue weighted by Crippen LogP contribution is -2.51. The molecule has 0 spiro atoms. The summed E-state index contributed by atoms with van der Waals surface area (Å²) < 4.78 is 0. The summed E-state index contributed by atoms with van der Waals surface area (Å²) in [5.74, 6) is 5.19. The van der Waals surface area contributed by atoms with E-state index < -0.39 is 0 Å². The molecule has 1 heterocycles. The Labute approximate surface area is 72.3 Å². The van der Waals surface area contributed by atoms with E-state index in [0.717, 1.165) is 26.2 Å². The number of rotatable bonds is 0. The van der Waals surface area contributed by atoms with Crippen LogP contribution in [0.4, 0.5) is 0 Å². The van der Waals surface area contributed by atoms with Crippen molar-refractivity contribution >= 4 is 17.3 Å². The third-order valence-corrected chi connectivity index (χ3v) is 2.29. The molecule has 0 radical (unpaired) electrons. The Morgan fingerprint density at radius 2 is 1.91 bits per heavy atom. The van der Waals surface area contributed by atoms with Crippen LogP contribution in [-0.2, 0) is 0 Å². The van der Waals surface area contributed by atoms with Crippen molar-refractivity contribution in [3.63, 3.8) is 0 Å². The number of hydrogen-bond donors (Lipinski definition) is 2. The van der Waals surface area contributed by atoms with Gasteiger partial charge in [0.1, 0.15) is 0 Å². The van der Waals surface area contributed by atoms with Gasteiger partial charge in [0.05, 0.1) is 0 Å². The number of hydrazine groups is 1. The van der Waals surface area contributed by atoms with Gasteiger partial charge in [-0.05, 0) is 19.3 Å². The second kappa shape index (κ2) is 3.85. The predicted molar refractivity (Wildman–Crippen MR) is 49.0 cm³/mol. The van der Waals surface area contributed by atoms with Crippen molar-refractivity contribution in [3.8, 4) is 0 Å². The fourth-order valence-electron chi connectivity index (χ4n) is 1.10. The van der Waals surface area contributed by atoms with E-state index in [0.29, 0.717) is 5.11 Å². The first-order chi connectivity index (χ1) is 5.24. The highest BCUT2D eigenvalue weighted by molar-refractivity contribution is 7.80. The summed E-state index contributed by atoms with van der Waals surface area (Å²) in [4.78, 5) is 4.35. The standard InChI is InChI=1S/C6H14N4S/c1-9-2-4-10(5-3-9)6(11)8-7/h2-5,7H2,1H3,(H,8,11). The molecule has 0 saturated carbocycles. The van der Waals surface area contributed by atoms with Crippen molar-refractivity contribution in [2.45, 2.75) is 0 Å². The molecule has 0 aliphatic carbocycles. The molecule has 0 unspecified atom stereocenters. The minimum atomic E-state index is 0.651. The molecule has 1 saturated heterocycles. The van der Waals surface area contributed by atoms with Crippen LogP contribution in [0.5, 0.6) is 0 Å². The zero-order valence-corrected chi connectivity index (χ0v) is 7.52. The van der Waals surface area contributed by atoms with Gasteiger partial charge >= 0.3 is 0 Å². The fraction of sp³-hybridized carbons (Fsp3) is 0.833. The zero-order valence-electron chi connectivity index (χ0n) is 6.71. The summed E-state index contributed by atoms with van der Waals surface area (Å²) in [6, 6.07) is 0. The van der Waals surface area contributed by atoms with Gasteiger partial charge in [-0.15, -0.1) is 0 Å². The van der Waals surface area contributed by atoms with Crippen LogP contribution in [-0.4, -0.2) is 48.1 Å². The Balaban J connectivity index is 2.33. The van der Waals surface area contributed by atoms with Crippen LogP contribution in [0.25, 0.3) is 0 Å². The number of piperazine rings is 1. The Morgan fingerprint density at radius 3 is 2.36 bits per heavy atom. The van der Waals surface area contributed by atoms with Gasteiger partial charge in [0.2, 0.25) is 0 Å². The molecule has 64 valence electrons. The van der Waals surface area contributed by atoms with E-state index in [1.54, 1.807) is 0 Å². The lowest BCUT2D eigenvalue weighted by Gasteiger charge is -2.33. The summed E-state index contributed by atoms with van der Waals surface area (Å²) in [5, 5.41) is 0.651. The van der Waals surface area contributed by atoms with Crippen LogP contribution in [0.15, 0.2) is 0 Å². The fourth-order valence-corrected chi connectivity index (χ4v) is 1.28. The zero-order chi connectivity index (χ0) is 8.27. The van der Waals surface area contributed by atoms with E-state index in [1.165, 1.54) is 0 Å². The number of nitrogens with zero attached hydrogens (tertiary/aromatic N) is 2. The van der Waals surface area contributed by atoms with Gasteiger partial charge in [0.15, 0.2) is 5.11 Å². The van der Waals surface area contributed by atoms with Crippen LogP contribution in [0.3, 0.4) is 0 Å². The molecule has 0 amide bonds. The van der Waals surface area contributed by atoms with Gasteiger partial charge in [-0.1, -0.05) is 0 Å². The Kier molecular flexibility index (Phi) is 3.04. The van der Waals surface area contributed by atoms with Gasteiger partial charge in [-0.3, -0.25) is 0 Å². The molecule has 5 heteroatoms. The van der Waals surface area contributed by atoms with Gasteiger partial charge in [-0.25, -0.2) is 5.84 Å². The summed E-state index contributed by atoms with van der Waals surface area (Å²) in [6.07, 6.45) is 0. The molecule has 4 nitrogen and oxygen atoms in total. The monoisotopic (exact) mass is 174 g/mol. The van der Waals surface area contributed by atoms with Crippen molar-refractivity contribution in [1.82, 2.24) is 15.2 Å². The molecule has 0 aromatic carbocycles. The van der Waals surface area contributed by atoms with E-state index in [9.17, 15) is 0 Å². The summed E-state index contributed by atoms with van der Waals surface area (Å²) >= 11 is 4.99. The van der Waals surface area contributed by atoms with E-state index in [2.05, 4.69) is 22.3 Å². The molecule has 1 aliphatic heterocycles. The number of hydrogen-bond acceptors (Lipinski definition) is 3. The lowest BCUT2D eigenvalue weighted by atomic mass is 10.3. The molecule has 0 aromatic rings. The van der Waals surface area contributed by atoms with E-state index in [4.69, 9.17) is 18.1 Å². The van der Waals surface area contributed by atoms with E-state index in [1.807, 2.05) is 0 Å². The highest BCUT2D eigenvalue weighted by Gasteiger charge is 2.14. The maximum Gasteiger partial charge on any atom is 0.183 e. The lowest BCUT2D eigenvalue weighted by molar-refractivity contribution is 0.214. The number of nitrogens with one attached hydrogen (secondary N) is 1. The van der Waals surface area contributed by atoms with Crippen LogP contribution in [0.2, 0.25) is 0 Å². The van der Waals surface area contributed by atoms with Gasteiger partial charge in [0, 0.05) is 26.2 Å². The average molecular weight is 174 g/mol. The number of thiocarbonyl (C=S) groups is 1. The van der Waals surface area contributed by atoms with E-state index in [-0.39, 0.29) is 0 Å².